The van der Waals surface area contributed by atoms with E-state index in [2.05, 4.69) is 12.2 Å². The highest BCUT2D eigenvalue weighted by molar-refractivity contribution is 5.17. The van der Waals surface area contributed by atoms with E-state index in [4.69, 9.17) is 0 Å². The Hall–Kier alpha value is -0.890. The van der Waals surface area contributed by atoms with E-state index in [0.717, 1.165) is 18.4 Å². The summed E-state index contributed by atoms with van der Waals surface area (Å²) in [5.74, 6) is -0.0636. The maximum Gasteiger partial charge on any atom is 0.126 e. The molecule has 1 saturated heterocycles. The third kappa shape index (κ3) is 3.05. The van der Waals surface area contributed by atoms with Gasteiger partial charge in [-0.25, -0.2) is 4.39 Å². The average Bonchev–Trinajstić information content (AvgIpc) is 2.28. The lowest BCUT2D eigenvalue weighted by molar-refractivity contribution is 0.321. The Morgan fingerprint density at radius 3 is 2.88 bits per heavy atom. The van der Waals surface area contributed by atoms with Gasteiger partial charge >= 0.3 is 0 Å². The molecule has 0 amide bonds. The van der Waals surface area contributed by atoms with Gasteiger partial charge in [-0.1, -0.05) is 24.6 Å². The molecule has 0 radical (unpaired) electrons. The van der Waals surface area contributed by atoms with Crippen molar-refractivity contribution in [1.29, 1.82) is 0 Å². The normalized spacial score (nSPS) is 25.6. The van der Waals surface area contributed by atoms with Crippen molar-refractivity contribution >= 4 is 0 Å². The summed E-state index contributed by atoms with van der Waals surface area (Å²) in [6.07, 6.45) is 5.70. The molecule has 0 bridgehead atoms. The van der Waals surface area contributed by atoms with Crippen LogP contribution in [0, 0.1) is 5.82 Å². The minimum atomic E-state index is -0.0636. The van der Waals surface area contributed by atoms with E-state index < -0.39 is 0 Å². The molecular formula is C14H20FN. The molecule has 1 heterocycles. The van der Waals surface area contributed by atoms with Gasteiger partial charge in [0.25, 0.3) is 0 Å². The number of rotatable bonds is 3. The summed E-state index contributed by atoms with van der Waals surface area (Å²) in [6.45, 7) is 2.23. The van der Waals surface area contributed by atoms with Crippen molar-refractivity contribution in [3.05, 3.63) is 35.6 Å². The summed E-state index contributed by atoms with van der Waals surface area (Å²) >= 11 is 0. The molecule has 0 saturated carbocycles. The molecule has 1 fully saturated rings. The second-order valence-corrected chi connectivity index (χ2v) is 4.83. The Kier molecular flexibility index (Phi) is 3.94. The first-order valence-electron chi connectivity index (χ1n) is 6.25. The van der Waals surface area contributed by atoms with Crippen LogP contribution >= 0.6 is 0 Å². The van der Waals surface area contributed by atoms with Gasteiger partial charge in [-0.05, 0) is 44.2 Å². The molecule has 16 heavy (non-hydrogen) atoms. The SMILES string of the molecule is CC1CCCC(CCc2ccccc2F)N1. The van der Waals surface area contributed by atoms with Crippen LogP contribution in [0.4, 0.5) is 4.39 Å². The van der Waals surface area contributed by atoms with Crippen LogP contribution in [-0.4, -0.2) is 12.1 Å². The first-order chi connectivity index (χ1) is 7.75. The van der Waals surface area contributed by atoms with E-state index in [1.165, 1.54) is 19.3 Å². The number of nitrogens with one attached hydrogen (secondary N) is 1. The lowest BCUT2D eigenvalue weighted by atomic mass is 9.95. The van der Waals surface area contributed by atoms with Gasteiger partial charge in [-0.2, -0.15) is 0 Å². The fourth-order valence-corrected chi connectivity index (χ4v) is 2.50. The number of piperidine rings is 1. The molecule has 88 valence electrons. The van der Waals surface area contributed by atoms with Gasteiger partial charge in [-0.3, -0.25) is 0 Å². The molecule has 1 aromatic rings. The highest BCUT2D eigenvalue weighted by Gasteiger charge is 2.17. The topological polar surface area (TPSA) is 12.0 Å². The minimum absolute atomic E-state index is 0.0636. The van der Waals surface area contributed by atoms with E-state index in [9.17, 15) is 4.39 Å². The first kappa shape index (κ1) is 11.6. The molecule has 2 heteroatoms. The number of benzene rings is 1. The second-order valence-electron chi connectivity index (χ2n) is 4.83. The van der Waals surface area contributed by atoms with Crippen molar-refractivity contribution in [3.8, 4) is 0 Å². The molecule has 2 atom stereocenters. The van der Waals surface area contributed by atoms with Crippen LogP contribution in [-0.2, 0) is 6.42 Å². The van der Waals surface area contributed by atoms with Gasteiger partial charge in [0.05, 0.1) is 0 Å². The Bertz CT molecular complexity index is 337. The van der Waals surface area contributed by atoms with Crippen LogP contribution in [0.2, 0.25) is 0 Å². The molecule has 0 spiro atoms. The van der Waals surface area contributed by atoms with Crippen LogP contribution in [0.25, 0.3) is 0 Å². The molecule has 0 aliphatic carbocycles. The van der Waals surface area contributed by atoms with Gasteiger partial charge in [0.2, 0.25) is 0 Å². The second kappa shape index (κ2) is 5.44. The van der Waals surface area contributed by atoms with E-state index >= 15 is 0 Å². The highest BCUT2D eigenvalue weighted by Crippen LogP contribution is 2.17. The van der Waals surface area contributed by atoms with E-state index in [0.29, 0.717) is 12.1 Å². The van der Waals surface area contributed by atoms with Gasteiger partial charge in [-0.15, -0.1) is 0 Å². The summed E-state index contributed by atoms with van der Waals surface area (Å²) in [7, 11) is 0. The molecule has 1 aliphatic rings. The third-order valence-electron chi connectivity index (χ3n) is 3.43. The Morgan fingerprint density at radius 2 is 2.12 bits per heavy atom. The average molecular weight is 221 g/mol. The molecule has 1 aliphatic heterocycles. The molecule has 0 aromatic heterocycles. The molecule has 1 aromatic carbocycles. The van der Waals surface area contributed by atoms with Crippen LogP contribution in [0.1, 0.15) is 38.2 Å². The maximum atomic E-state index is 13.4. The number of hydrogen-bond donors (Lipinski definition) is 1. The smallest absolute Gasteiger partial charge is 0.126 e. The third-order valence-corrected chi connectivity index (χ3v) is 3.43. The quantitative estimate of drug-likeness (QED) is 0.826. The van der Waals surface area contributed by atoms with E-state index in [-0.39, 0.29) is 5.82 Å². The minimum Gasteiger partial charge on any atom is -0.311 e. The van der Waals surface area contributed by atoms with Crippen molar-refractivity contribution in [2.45, 2.75) is 51.1 Å². The monoisotopic (exact) mass is 221 g/mol. The summed E-state index contributed by atoms with van der Waals surface area (Å²) in [6, 6.07) is 8.30. The van der Waals surface area contributed by atoms with Crippen molar-refractivity contribution in [3.63, 3.8) is 0 Å². The van der Waals surface area contributed by atoms with Crippen LogP contribution in [0.5, 0.6) is 0 Å². The predicted octanol–water partition coefficient (Wildman–Crippen LogP) is 3.29. The van der Waals surface area contributed by atoms with Gasteiger partial charge in [0.1, 0.15) is 5.82 Å². The van der Waals surface area contributed by atoms with Gasteiger partial charge in [0.15, 0.2) is 0 Å². The molecule has 1 N–H and O–H groups in total. The summed E-state index contributed by atoms with van der Waals surface area (Å²) in [5.41, 5.74) is 0.850. The van der Waals surface area contributed by atoms with Crippen molar-refractivity contribution in [1.82, 2.24) is 5.32 Å². The maximum absolute atomic E-state index is 13.4. The Balaban J connectivity index is 1.85. The summed E-state index contributed by atoms with van der Waals surface area (Å²) < 4.78 is 13.4. The zero-order chi connectivity index (χ0) is 11.4. The zero-order valence-electron chi connectivity index (χ0n) is 9.88. The zero-order valence-corrected chi connectivity index (χ0v) is 9.88. The fraction of sp³-hybridized carbons (Fsp3) is 0.571. The van der Waals surface area contributed by atoms with Crippen molar-refractivity contribution < 1.29 is 4.39 Å². The summed E-state index contributed by atoms with van der Waals surface area (Å²) in [4.78, 5) is 0. The molecular weight excluding hydrogens is 201 g/mol. The summed E-state index contributed by atoms with van der Waals surface area (Å²) in [5, 5.41) is 3.58. The Labute approximate surface area is 97.1 Å². The van der Waals surface area contributed by atoms with Crippen LogP contribution in [0.15, 0.2) is 24.3 Å². The molecule has 1 nitrogen and oxygen atoms in total. The fourth-order valence-electron chi connectivity index (χ4n) is 2.50. The predicted molar refractivity (Wildman–Crippen MR) is 65.0 cm³/mol. The number of hydrogen-bond acceptors (Lipinski definition) is 1. The Morgan fingerprint density at radius 1 is 1.31 bits per heavy atom. The standard InChI is InChI=1S/C14H20FN/c1-11-5-4-7-13(16-11)10-9-12-6-2-3-8-14(12)15/h2-3,6,8,11,13,16H,4-5,7,9-10H2,1H3. The van der Waals surface area contributed by atoms with E-state index in [1.54, 1.807) is 12.1 Å². The first-order valence-corrected chi connectivity index (χ1v) is 6.25. The van der Waals surface area contributed by atoms with Gasteiger partial charge < -0.3 is 5.32 Å². The van der Waals surface area contributed by atoms with Crippen molar-refractivity contribution in [2.75, 3.05) is 0 Å². The number of aryl methyl sites for hydroxylation is 1. The molecule has 2 rings (SSSR count). The van der Waals surface area contributed by atoms with Gasteiger partial charge in [0, 0.05) is 12.1 Å². The molecule has 2 unspecified atom stereocenters. The number of halogens is 1. The van der Waals surface area contributed by atoms with Crippen LogP contribution in [0.3, 0.4) is 0 Å². The lowest BCUT2D eigenvalue weighted by Gasteiger charge is -2.28. The lowest BCUT2D eigenvalue weighted by Crippen LogP contribution is -2.40. The largest absolute Gasteiger partial charge is 0.311 e. The van der Waals surface area contributed by atoms with Crippen molar-refractivity contribution in [2.24, 2.45) is 0 Å². The van der Waals surface area contributed by atoms with Crippen LogP contribution < -0.4 is 5.32 Å². The van der Waals surface area contributed by atoms with E-state index in [1.807, 2.05) is 12.1 Å². The highest BCUT2D eigenvalue weighted by atomic mass is 19.1.